The molecule has 1 fully saturated rings. The van der Waals surface area contributed by atoms with Gasteiger partial charge in [0, 0.05) is 26.1 Å². The van der Waals surface area contributed by atoms with Crippen molar-refractivity contribution in [3.05, 3.63) is 23.8 Å². The molecule has 1 aromatic rings. The molecular weight excluding hydrogens is 384 g/mol. The van der Waals surface area contributed by atoms with Gasteiger partial charge in [0.25, 0.3) is 0 Å². The first-order chi connectivity index (χ1) is 13.8. The number of carbonyl (C=O) groups is 3. The molecule has 1 saturated heterocycles. The van der Waals surface area contributed by atoms with E-state index in [4.69, 9.17) is 23.7 Å². The van der Waals surface area contributed by atoms with Crippen molar-refractivity contribution in [3.63, 3.8) is 0 Å². The number of nitrogens with zero attached hydrogens (tertiary/aromatic N) is 1. The predicted molar refractivity (Wildman–Crippen MR) is 98.9 cm³/mol. The highest BCUT2D eigenvalue weighted by Gasteiger charge is 2.28. The Morgan fingerprint density at radius 2 is 1.93 bits per heavy atom. The minimum absolute atomic E-state index is 0.104. The summed E-state index contributed by atoms with van der Waals surface area (Å²) in [5, 5.41) is 3.06. The van der Waals surface area contributed by atoms with Crippen LogP contribution in [0.4, 0.5) is 9.59 Å². The third-order valence-electron chi connectivity index (χ3n) is 4.71. The minimum Gasteiger partial charge on any atom is -0.454 e. The molecule has 1 aromatic carbocycles. The maximum atomic E-state index is 12.7. The summed E-state index contributed by atoms with van der Waals surface area (Å²) in [6.07, 6.45) is -2.45. The van der Waals surface area contributed by atoms with Crippen LogP contribution in [0.25, 0.3) is 0 Å². The summed E-state index contributed by atoms with van der Waals surface area (Å²) in [7, 11) is 1.42. The fraction of sp³-hybridized carbons (Fsp3) is 0.526. The van der Waals surface area contributed by atoms with E-state index < -0.39 is 24.6 Å². The zero-order chi connectivity index (χ0) is 21.0. The van der Waals surface area contributed by atoms with Gasteiger partial charge in [-0.25, -0.2) is 9.59 Å². The van der Waals surface area contributed by atoms with Crippen molar-refractivity contribution in [1.29, 1.82) is 0 Å². The van der Waals surface area contributed by atoms with E-state index in [-0.39, 0.29) is 18.7 Å². The molecule has 1 N–H and O–H groups in total. The summed E-state index contributed by atoms with van der Waals surface area (Å²) in [6.45, 7) is 4.39. The molecule has 0 radical (unpaired) electrons. The molecule has 0 aliphatic carbocycles. The average molecular weight is 408 g/mol. The molecule has 2 heterocycles. The second kappa shape index (κ2) is 8.99. The topological polar surface area (TPSA) is 113 Å². The number of ketones is 1. The van der Waals surface area contributed by atoms with Crippen molar-refractivity contribution < 1.29 is 38.1 Å². The zero-order valence-electron chi connectivity index (χ0n) is 16.5. The van der Waals surface area contributed by atoms with Gasteiger partial charge in [-0.05, 0) is 38.1 Å². The van der Waals surface area contributed by atoms with Gasteiger partial charge in [0.15, 0.2) is 17.3 Å². The third kappa shape index (κ3) is 5.08. The summed E-state index contributed by atoms with van der Waals surface area (Å²) >= 11 is 0. The van der Waals surface area contributed by atoms with E-state index in [2.05, 4.69) is 5.32 Å². The number of fused-ring (bicyclic) bond motifs is 1. The van der Waals surface area contributed by atoms with Gasteiger partial charge in [-0.1, -0.05) is 0 Å². The van der Waals surface area contributed by atoms with Crippen LogP contribution < -0.4 is 14.8 Å². The van der Waals surface area contributed by atoms with Crippen LogP contribution in [0.15, 0.2) is 18.2 Å². The van der Waals surface area contributed by atoms with E-state index in [1.165, 1.54) is 14.0 Å². The number of likely N-dealkylation sites (N-methyl/N-ethyl adjacent to an activating group) is 1. The van der Waals surface area contributed by atoms with Crippen molar-refractivity contribution in [3.8, 4) is 11.5 Å². The monoisotopic (exact) mass is 408 g/mol. The number of amides is 1. The average Bonchev–Trinajstić information content (AvgIpc) is 3.36. The van der Waals surface area contributed by atoms with Crippen LogP contribution in [-0.4, -0.2) is 68.3 Å². The van der Waals surface area contributed by atoms with Crippen LogP contribution in [0.1, 0.15) is 30.6 Å². The lowest BCUT2D eigenvalue weighted by atomic mass is 10.0. The highest BCUT2D eigenvalue weighted by atomic mass is 16.8. The lowest BCUT2D eigenvalue weighted by molar-refractivity contribution is -0.0885. The molecule has 3 unspecified atom stereocenters. The molecule has 10 heteroatoms. The highest BCUT2D eigenvalue weighted by Crippen LogP contribution is 2.33. The number of nitrogens with one attached hydrogen (secondary N) is 1. The van der Waals surface area contributed by atoms with E-state index >= 15 is 0 Å². The first-order valence-corrected chi connectivity index (χ1v) is 9.30. The number of ether oxygens (including phenoxy) is 5. The van der Waals surface area contributed by atoms with Crippen molar-refractivity contribution in [1.82, 2.24) is 10.2 Å². The van der Waals surface area contributed by atoms with Crippen LogP contribution in [0.2, 0.25) is 0 Å². The third-order valence-corrected chi connectivity index (χ3v) is 4.71. The van der Waals surface area contributed by atoms with Crippen LogP contribution in [-0.2, 0) is 14.2 Å². The second-order valence-electron chi connectivity index (χ2n) is 6.77. The molecule has 0 saturated carbocycles. The maximum absolute atomic E-state index is 12.7. The van der Waals surface area contributed by atoms with E-state index in [1.807, 2.05) is 0 Å². The SMILES string of the molecule is CC(OC(=O)OC1CCNC1)OC(=O)N(C)C(C)C(=O)c1ccc2c(c1)OCO2. The molecule has 3 rings (SSSR count). The Kier molecular flexibility index (Phi) is 6.42. The molecule has 2 aliphatic rings. The lowest BCUT2D eigenvalue weighted by Crippen LogP contribution is -2.42. The summed E-state index contributed by atoms with van der Waals surface area (Å²) in [4.78, 5) is 37.9. The van der Waals surface area contributed by atoms with E-state index in [0.717, 1.165) is 11.4 Å². The molecule has 29 heavy (non-hydrogen) atoms. The molecule has 2 aliphatic heterocycles. The first-order valence-electron chi connectivity index (χ1n) is 9.30. The van der Waals surface area contributed by atoms with Crippen molar-refractivity contribution in [2.45, 2.75) is 38.7 Å². The van der Waals surface area contributed by atoms with Gasteiger partial charge in [0.2, 0.25) is 13.1 Å². The number of Topliss-reactive ketones (excluding diaryl/α,β-unsaturated/α-hetero) is 1. The maximum Gasteiger partial charge on any atom is 0.511 e. The van der Waals surface area contributed by atoms with Gasteiger partial charge < -0.3 is 33.9 Å². The van der Waals surface area contributed by atoms with Crippen molar-refractivity contribution in [2.24, 2.45) is 0 Å². The van der Waals surface area contributed by atoms with Crippen LogP contribution >= 0.6 is 0 Å². The fourth-order valence-corrected chi connectivity index (χ4v) is 2.90. The molecule has 0 aromatic heterocycles. The van der Waals surface area contributed by atoms with E-state index in [9.17, 15) is 14.4 Å². The second-order valence-corrected chi connectivity index (χ2v) is 6.77. The zero-order valence-corrected chi connectivity index (χ0v) is 16.5. The number of hydrogen-bond acceptors (Lipinski definition) is 9. The van der Waals surface area contributed by atoms with Gasteiger partial charge >= 0.3 is 12.2 Å². The quantitative estimate of drug-likeness (QED) is 0.428. The van der Waals surface area contributed by atoms with Crippen molar-refractivity contribution in [2.75, 3.05) is 26.9 Å². The van der Waals surface area contributed by atoms with Crippen LogP contribution in [0.3, 0.4) is 0 Å². The Morgan fingerprint density at radius 3 is 2.66 bits per heavy atom. The number of rotatable bonds is 6. The normalized spacial score (nSPS) is 19.2. The minimum atomic E-state index is -1.17. The number of carbonyl (C=O) groups excluding carboxylic acids is 3. The number of benzene rings is 1. The molecule has 0 bridgehead atoms. The smallest absolute Gasteiger partial charge is 0.454 e. The Labute approximate surface area is 168 Å². The van der Waals surface area contributed by atoms with Gasteiger partial charge in [0.05, 0.1) is 6.04 Å². The summed E-state index contributed by atoms with van der Waals surface area (Å²) < 4.78 is 25.6. The van der Waals surface area contributed by atoms with E-state index in [1.54, 1.807) is 25.1 Å². The molecular formula is C19H24N2O8. The Morgan fingerprint density at radius 1 is 1.17 bits per heavy atom. The lowest BCUT2D eigenvalue weighted by Gasteiger charge is -2.25. The Balaban J connectivity index is 1.50. The Hall–Kier alpha value is -3.01. The fourth-order valence-electron chi connectivity index (χ4n) is 2.90. The van der Waals surface area contributed by atoms with Crippen LogP contribution in [0.5, 0.6) is 11.5 Å². The van der Waals surface area contributed by atoms with Crippen LogP contribution in [0, 0.1) is 0 Å². The van der Waals surface area contributed by atoms with Gasteiger partial charge in [0.1, 0.15) is 6.10 Å². The highest BCUT2D eigenvalue weighted by molar-refractivity contribution is 6.01. The molecule has 0 spiro atoms. The molecule has 1 amide bonds. The standard InChI is InChI=1S/C19H24N2O8/c1-11(17(22)13-4-5-15-16(8-13)26-10-25-15)21(3)18(23)27-12(2)28-19(24)29-14-6-7-20-9-14/h4-5,8,11-12,14,20H,6-7,9-10H2,1-3H3. The summed E-state index contributed by atoms with van der Waals surface area (Å²) in [6, 6.07) is 4.00. The first kappa shape index (κ1) is 20.7. The number of hydrogen-bond donors (Lipinski definition) is 1. The predicted octanol–water partition coefficient (Wildman–Crippen LogP) is 1.92. The van der Waals surface area contributed by atoms with Crippen molar-refractivity contribution >= 4 is 18.0 Å². The summed E-state index contributed by atoms with van der Waals surface area (Å²) in [5.74, 6) is 0.740. The molecule has 10 nitrogen and oxygen atoms in total. The molecule has 3 atom stereocenters. The van der Waals surface area contributed by atoms with Gasteiger partial charge in [-0.2, -0.15) is 0 Å². The van der Waals surface area contributed by atoms with Gasteiger partial charge in [-0.15, -0.1) is 0 Å². The Bertz CT molecular complexity index is 777. The van der Waals surface area contributed by atoms with Gasteiger partial charge in [-0.3, -0.25) is 4.79 Å². The summed E-state index contributed by atoms with van der Waals surface area (Å²) in [5.41, 5.74) is 0.374. The molecule has 158 valence electrons. The van der Waals surface area contributed by atoms with E-state index in [0.29, 0.717) is 30.0 Å². The largest absolute Gasteiger partial charge is 0.511 e.